The summed E-state index contributed by atoms with van der Waals surface area (Å²) in [7, 11) is 1.97. The third-order valence-corrected chi connectivity index (χ3v) is 3.19. The van der Waals surface area contributed by atoms with Crippen LogP contribution in [-0.4, -0.2) is 36.6 Å². The van der Waals surface area contributed by atoms with E-state index in [2.05, 4.69) is 11.4 Å². The fourth-order valence-electron chi connectivity index (χ4n) is 2.23. The first-order chi connectivity index (χ1) is 8.24. The predicted octanol–water partition coefficient (Wildman–Crippen LogP) is 0.625. The van der Waals surface area contributed by atoms with Crippen molar-refractivity contribution >= 4 is 0 Å². The fourth-order valence-corrected chi connectivity index (χ4v) is 2.23. The van der Waals surface area contributed by atoms with E-state index in [1.807, 2.05) is 19.2 Å². The minimum atomic E-state index is -0.812. The maximum absolute atomic E-state index is 9.21. The Morgan fingerprint density at radius 1 is 1.53 bits per heavy atom. The van der Waals surface area contributed by atoms with E-state index in [-0.39, 0.29) is 13.2 Å². The summed E-state index contributed by atoms with van der Waals surface area (Å²) in [5.74, 6) is 0.757. The molecule has 1 aliphatic carbocycles. The van der Waals surface area contributed by atoms with Crippen molar-refractivity contribution in [1.29, 1.82) is 0 Å². The number of fused-ring (bicyclic) bond motifs is 1. The summed E-state index contributed by atoms with van der Waals surface area (Å²) in [5.41, 5.74) is 2.64. The lowest BCUT2D eigenvalue weighted by Gasteiger charge is -2.12. The third kappa shape index (κ3) is 2.77. The molecule has 0 heterocycles. The zero-order valence-electron chi connectivity index (χ0n) is 10.0. The molecule has 3 N–H and O–H groups in total. The summed E-state index contributed by atoms with van der Waals surface area (Å²) >= 11 is 0. The van der Waals surface area contributed by atoms with E-state index >= 15 is 0 Å². The molecule has 17 heavy (non-hydrogen) atoms. The molecule has 2 rings (SSSR count). The van der Waals surface area contributed by atoms with Crippen LogP contribution in [0.4, 0.5) is 0 Å². The first-order valence-corrected chi connectivity index (χ1v) is 5.96. The van der Waals surface area contributed by atoms with E-state index in [4.69, 9.17) is 9.84 Å². The maximum Gasteiger partial charge on any atom is 0.119 e. The van der Waals surface area contributed by atoms with Crippen LogP contribution in [0.3, 0.4) is 0 Å². The van der Waals surface area contributed by atoms with E-state index in [0.717, 1.165) is 18.6 Å². The molecule has 4 nitrogen and oxygen atoms in total. The Morgan fingerprint density at radius 2 is 2.35 bits per heavy atom. The Kier molecular flexibility index (Phi) is 3.99. The van der Waals surface area contributed by atoms with Gasteiger partial charge in [-0.1, -0.05) is 6.07 Å². The highest BCUT2D eigenvalue weighted by Gasteiger charge is 2.21. The highest BCUT2D eigenvalue weighted by molar-refractivity contribution is 5.40. The average molecular weight is 237 g/mol. The van der Waals surface area contributed by atoms with Crippen LogP contribution in [0.1, 0.15) is 23.6 Å². The highest BCUT2D eigenvalue weighted by Crippen LogP contribution is 2.33. The number of aryl methyl sites for hydroxylation is 1. The van der Waals surface area contributed by atoms with E-state index in [1.54, 1.807) is 0 Å². The van der Waals surface area contributed by atoms with Gasteiger partial charge in [0.2, 0.25) is 0 Å². The lowest BCUT2D eigenvalue weighted by molar-refractivity contribution is 0.0536. The predicted molar refractivity (Wildman–Crippen MR) is 65.2 cm³/mol. The van der Waals surface area contributed by atoms with Crippen LogP contribution in [0.15, 0.2) is 18.2 Å². The quantitative estimate of drug-likeness (QED) is 0.703. The van der Waals surface area contributed by atoms with Gasteiger partial charge in [0, 0.05) is 6.04 Å². The van der Waals surface area contributed by atoms with Gasteiger partial charge >= 0.3 is 0 Å². The molecule has 0 fully saturated rings. The van der Waals surface area contributed by atoms with Crippen LogP contribution in [0.25, 0.3) is 0 Å². The van der Waals surface area contributed by atoms with Gasteiger partial charge in [0.15, 0.2) is 0 Å². The lowest BCUT2D eigenvalue weighted by atomic mass is 10.1. The fraction of sp³-hybridized carbons (Fsp3) is 0.538. The van der Waals surface area contributed by atoms with Gasteiger partial charge < -0.3 is 20.3 Å². The molecule has 94 valence electrons. The molecule has 0 spiro atoms. The molecule has 0 saturated heterocycles. The summed E-state index contributed by atoms with van der Waals surface area (Å²) in [4.78, 5) is 0. The van der Waals surface area contributed by atoms with E-state index in [9.17, 15) is 5.11 Å². The second kappa shape index (κ2) is 5.49. The molecule has 1 aromatic carbocycles. The number of benzene rings is 1. The molecular weight excluding hydrogens is 218 g/mol. The van der Waals surface area contributed by atoms with Gasteiger partial charge in [0.05, 0.1) is 6.61 Å². The monoisotopic (exact) mass is 237 g/mol. The number of aliphatic hydroxyl groups excluding tert-OH is 2. The van der Waals surface area contributed by atoms with Crippen molar-refractivity contribution in [3.63, 3.8) is 0 Å². The minimum absolute atomic E-state index is 0.130. The summed E-state index contributed by atoms with van der Waals surface area (Å²) in [6.45, 7) is -0.141. The van der Waals surface area contributed by atoms with Gasteiger partial charge in [-0.2, -0.15) is 0 Å². The van der Waals surface area contributed by atoms with Crippen molar-refractivity contribution in [1.82, 2.24) is 5.32 Å². The lowest BCUT2D eigenvalue weighted by Crippen LogP contribution is -2.21. The largest absolute Gasteiger partial charge is 0.491 e. The normalized spacial score (nSPS) is 20.1. The van der Waals surface area contributed by atoms with Crippen LogP contribution >= 0.6 is 0 Å². The van der Waals surface area contributed by atoms with E-state index < -0.39 is 6.10 Å². The SMILES string of the molecule is CNC1CCc2cc(OCC(O)CO)ccc21. The molecule has 0 aliphatic heterocycles. The second-order valence-electron chi connectivity index (χ2n) is 4.39. The first-order valence-electron chi connectivity index (χ1n) is 5.96. The molecule has 0 radical (unpaired) electrons. The molecular formula is C13H19NO3. The van der Waals surface area contributed by atoms with E-state index in [1.165, 1.54) is 11.1 Å². The van der Waals surface area contributed by atoms with Gasteiger partial charge in [-0.15, -0.1) is 0 Å². The Labute approximate surface area is 101 Å². The van der Waals surface area contributed by atoms with Crippen molar-refractivity contribution < 1.29 is 14.9 Å². The Balaban J connectivity index is 2.03. The van der Waals surface area contributed by atoms with E-state index in [0.29, 0.717) is 6.04 Å². The van der Waals surface area contributed by atoms with Gasteiger partial charge in [-0.3, -0.25) is 0 Å². The van der Waals surface area contributed by atoms with Crippen LogP contribution in [-0.2, 0) is 6.42 Å². The van der Waals surface area contributed by atoms with Crippen molar-refractivity contribution in [2.24, 2.45) is 0 Å². The van der Waals surface area contributed by atoms with Crippen LogP contribution in [0.5, 0.6) is 5.75 Å². The standard InChI is InChI=1S/C13H19NO3/c1-14-13-5-2-9-6-11(3-4-12(9)13)17-8-10(16)7-15/h3-4,6,10,13-16H,2,5,7-8H2,1H3. The zero-order valence-corrected chi connectivity index (χ0v) is 10.0. The molecule has 1 aromatic rings. The zero-order chi connectivity index (χ0) is 12.3. The topological polar surface area (TPSA) is 61.7 Å². The highest BCUT2D eigenvalue weighted by atomic mass is 16.5. The van der Waals surface area contributed by atoms with Gasteiger partial charge in [-0.05, 0) is 43.1 Å². The third-order valence-electron chi connectivity index (χ3n) is 3.19. The van der Waals surface area contributed by atoms with Crippen molar-refractivity contribution in [2.75, 3.05) is 20.3 Å². The molecule has 2 unspecified atom stereocenters. The smallest absolute Gasteiger partial charge is 0.119 e. The van der Waals surface area contributed by atoms with Crippen molar-refractivity contribution in [3.8, 4) is 5.75 Å². The number of aliphatic hydroxyl groups is 2. The number of hydrogen-bond donors (Lipinski definition) is 3. The van der Waals surface area contributed by atoms with Crippen molar-refractivity contribution in [2.45, 2.75) is 25.0 Å². The Hall–Kier alpha value is -1.10. The van der Waals surface area contributed by atoms with Crippen LogP contribution in [0.2, 0.25) is 0 Å². The molecule has 1 aliphatic rings. The summed E-state index contributed by atoms with van der Waals surface area (Å²) in [5, 5.41) is 21.2. The van der Waals surface area contributed by atoms with Gasteiger partial charge in [0.1, 0.15) is 18.5 Å². The maximum atomic E-state index is 9.21. The summed E-state index contributed by atoms with van der Waals surface area (Å²) in [6, 6.07) is 6.46. The molecule has 0 bridgehead atoms. The van der Waals surface area contributed by atoms with Gasteiger partial charge in [0.25, 0.3) is 0 Å². The minimum Gasteiger partial charge on any atom is -0.491 e. The number of hydrogen-bond acceptors (Lipinski definition) is 4. The molecule has 4 heteroatoms. The molecule has 0 aromatic heterocycles. The van der Waals surface area contributed by atoms with Crippen LogP contribution in [0, 0.1) is 0 Å². The Bertz CT molecular complexity index is 381. The number of rotatable bonds is 5. The number of nitrogens with one attached hydrogen (secondary N) is 1. The van der Waals surface area contributed by atoms with Crippen LogP contribution < -0.4 is 10.1 Å². The molecule has 0 saturated carbocycles. The summed E-state index contributed by atoms with van der Waals surface area (Å²) < 4.78 is 5.42. The molecule has 0 amide bonds. The average Bonchev–Trinajstić information content (AvgIpc) is 2.78. The Morgan fingerprint density at radius 3 is 3.06 bits per heavy atom. The van der Waals surface area contributed by atoms with Gasteiger partial charge in [-0.25, -0.2) is 0 Å². The first kappa shape index (κ1) is 12.4. The summed E-state index contributed by atoms with van der Waals surface area (Å²) in [6.07, 6.45) is 1.36. The number of ether oxygens (including phenoxy) is 1. The molecule has 2 atom stereocenters. The second-order valence-corrected chi connectivity index (χ2v) is 4.39. The van der Waals surface area contributed by atoms with Crippen molar-refractivity contribution in [3.05, 3.63) is 29.3 Å².